The van der Waals surface area contributed by atoms with E-state index in [1.165, 1.54) is 11.8 Å². The van der Waals surface area contributed by atoms with Crippen LogP contribution < -0.4 is 0 Å². The molecule has 3 nitrogen and oxygen atoms in total. The Hall–Kier alpha value is -1.77. The lowest BCUT2D eigenvalue weighted by molar-refractivity contribution is 0.472. The summed E-state index contributed by atoms with van der Waals surface area (Å²) in [5.74, 6) is 0.202. The summed E-state index contributed by atoms with van der Waals surface area (Å²) in [5, 5.41) is 13.2. The molecule has 1 aromatic carbocycles. The van der Waals surface area contributed by atoms with Crippen molar-refractivity contribution in [3.8, 4) is 5.75 Å². The maximum absolute atomic E-state index is 9.17. The van der Waals surface area contributed by atoms with Gasteiger partial charge in [0.15, 0.2) is 5.75 Å². The molecule has 0 fully saturated rings. The van der Waals surface area contributed by atoms with Crippen molar-refractivity contribution >= 4 is 0 Å². The molecule has 2 aromatic rings. The van der Waals surface area contributed by atoms with Gasteiger partial charge in [0, 0.05) is 0 Å². The fourth-order valence-electron chi connectivity index (χ4n) is 1.42. The molecule has 0 radical (unpaired) electrons. The van der Waals surface area contributed by atoms with Gasteiger partial charge in [0.05, 0.1) is 18.4 Å². The van der Waals surface area contributed by atoms with E-state index in [1.54, 1.807) is 10.9 Å². The molecular weight excluding hydrogens is 176 g/mol. The summed E-state index contributed by atoms with van der Waals surface area (Å²) < 4.78 is 1.74. The number of benzene rings is 1. The van der Waals surface area contributed by atoms with Crippen LogP contribution >= 0.6 is 0 Å². The molecule has 2 rings (SSSR count). The van der Waals surface area contributed by atoms with Gasteiger partial charge in [-0.1, -0.05) is 30.3 Å². The first-order valence-corrected chi connectivity index (χ1v) is 4.55. The molecule has 14 heavy (non-hydrogen) atoms. The normalized spacial score (nSPS) is 12.6. The van der Waals surface area contributed by atoms with Crippen molar-refractivity contribution in [2.75, 3.05) is 0 Å². The van der Waals surface area contributed by atoms with E-state index < -0.39 is 0 Å². The first-order chi connectivity index (χ1) is 6.77. The number of rotatable bonds is 2. The molecular formula is C11H12N2O. The number of aromatic hydroxyl groups is 1. The zero-order valence-corrected chi connectivity index (χ0v) is 7.96. The fourth-order valence-corrected chi connectivity index (χ4v) is 1.42. The number of hydrogen-bond donors (Lipinski definition) is 1. The molecule has 1 N–H and O–H groups in total. The highest BCUT2D eigenvalue weighted by Gasteiger charge is 2.07. The molecule has 0 amide bonds. The molecule has 1 unspecified atom stereocenters. The van der Waals surface area contributed by atoms with Crippen LogP contribution in [0.4, 0.5) is 0 Å². The predicted octanol–water partition coefficient (Wildman–Crippen LogP) is 2.20. The Kier molecular flexibility index (Phi) is 2.23. The summed E-state index contributed by atoms with van der Waals surface area (Å²) in [6, 6.07) is 10.2. The summed E-state index contributed by atoms with van der Waals surface area (Å²) in [5.41, 5.74) is 1.18. The van der Waals surface area contributed by atoms with Gasteiger partial charge in [-0.3, -0.25) is 4.68 Å². The standard InChI is InChI=1S/C11H12N2O/c1-9(10-5-3-2-4-6-10)13-8-11(14)7-12-13/h2-9,14H,1H3. The van der Waals surface area contributed by atoms with Crippen molar-refractivity contribution < 1.29 is 5.11 Å². The molecule has 1 heterocycles. The molecule has 0 aliphatic heterocycles. The molecule has 0 aliphatic rings. The van der Waals surface area contributed by atoms with Crippen LogP contribution in [0.2, 0.25) is 0 Å². The van der Waals surface area contributed by atoms with E-state index in [0.717, 1.165) is 0 Å². The topological polar surface area (TPSA) is 38.0 Å². The predicted molar refractivity (Wildman–Crippen MR) is 54.1 cm³/mol. The minimum atomic E-state index is 0.150. The minimum Gasteiger partial charge on any atom is -0.505 e. The summed E-state index contributed by atoms with van der Waals surface area (Å²) in [7, 11) is 0. The average Bonchev–Trinajstić information content (AvgIpc) is 2.65. The monoisotopic (exact) mass is 188 g/mol. The highest BCUT2D eigenvalue weighted by molar-refractivity contribution is 5.20. The van der Waals surface area contributed by atoms with Crippen LogP contribution in [0.25, 0.3) is 0 Å². The molecule has 0 saturated heterocycles. The van der Waals surface area contributed by atoms with Crippen molar-refractivity contribution in [1.29, 1.82) is 0 Å². The molecule has 72 valence electrons. The van der Waals surface area contributed by atoms with Gasteiger partial charge in [0.1, 0.15) is 0 Å². The van der Waals surface area contributed by atoms with Gasteiger partial charge in [-0.2, -0.15) is 5.10 Å². The van der Waals surface area contributed by atoms with E-state index in [9.17, 15) is 0 Å². The summed E-state index contributed by atoms with van der Waals surface area (Å²) in [6.07, 6.45) is 3.07. The third kappa shape index (κ3) is 1.62. The number of hydrogen-bond acceptors (Lipinski definition) is 2. The van der Waals surface area contributed by atoms with Gasteiger partial charge >= 0.3 is 0 Å². The lowest BCUT2D eigenvalue weighted by atomic mass is 10.1. The van der Waals surface area contributed by atoms with Gasteiger partial charge in [-0.25, -0.2) is 0 Å². The van der Waals surface area contributed by atoms with Crippen LogP contribution in [0.1, 0.15) is 18.5 Å². The molecule has 1 aromatic heterocycles. The lowest BCUT2D eigenvalue weighted by Gasteiger charge is -2.11. The molecule has 0 spiro atoms. The number of nitrogens with zero attached hydrogens (tertiary/aromatic N) is 2. The van der Waals surface area contributed by atoms with Gasteiger partial charge in [-0.15, -0.1) is 0 Å². The van der Waals surface area contributed by atoms with Crippen LogP contribution in [0.3, 0.4) is 0 Å². The zero-order chi connectivity index (χ0) is 9.97. The van der Waals surface area contributed by atoms with E-state index in [1.807, 2.05) is 37.3 Å². The summed E-state index contributed by atoms with van der Waals surface area (Å²) in [4.78, 5) is 0. The Labute approximate surface area is 82.6 Å². The van der Waals surface area contributed by atoms with E-state index in [2.05, 4.69) is 5.10 Å². The van der Waals surface area contributed by atoms with Gasteiger partial charge < -0.3 is 5.11 Å². The van der Waals surface area contributed by atoms with Crippen LogP contribution in [-0.2, 0) is 0 Å². The first-order valence-electron chi connectivity index (χ1n) is 4.55. The molecule has 0 saturated carbocycles. The minimum absolute atomic E-state index is 0.150. The highest BCUT2D eigenvalue weighted by Crippen LogP contribution is 2.18. The van der Waals surface area contributed by atoms with E-state index in [-0.39, 0.29) is 11.8 Å². The molecule has 3 heteroatoms. The highest BCUT2D eigenvalue weighted by atomic mass is 16.3. The molecule has 1 atom stereocenters. The largest absolute Gasteiger partial charge is 0.505 e. The van der Waals surface area contributed by atoms with Gasteiger partial charge in [0.25, 0.3) is 0 Å². The SMILES string of the molecule is CC(c1ccccc1)n1cc(O)cn1. The quantitative estimate of drug-likeness (QED) is 0.784. The second-order valence-electron chi connectivity index (χ2n) is 3.27. The van der Waals surface area contributed by atoms with Crippen molar-refractivity contribution in [2.45, 2.75) is 13.0 Å². The Morgan fingerprint density at radius 2 is 2.00 bits per heavy atom. The smallest absolute Gasteiger partial charge is 0.153 e. The maximum atomic E-state index is 9.17. The van der Waals surface area contributed by atoms with Crippen molar-refractivity contribution in [1.82, 2.24) is 9.78 Å². The molecule has 0 bridgehead atoms. The van der Waals surface area contributed by atoms with E-state index in [0.29, 0.717) is 0 Å². The second kappa shape index (κ2) is 3.54. The van der Waals surface area contributed by atoms with Gasteiger partial charge in [-0.05, 0) is 12.5 Å². The zero-order valence-electron chi connectivity index (χ0n) is 7.96. The first kappa shape index (κ1) is 8.81. The summed E-state index contributed by atoms with van der Waals surface area (Å²) in [6.45, 7) is 2.04. The lowest BCUT2D eigenvalue weighted by Crippen LogP contribution is -2.06. The average molecular weight is 188 g/mol. The van der Waals surface area contributed by atoms with Crippen LogP contribution in [0, 0.1) is 0 Å². The Balaban J connectivity index is 2.29. The summed E-state index contributed by atoms with van der Waals surface area (Å²) >= 11 is 0. The Morgan fingerprint density at radius 1 is 1.29 bits per heavy atom. The van der Waals surface area contributed by atoms with Gasteiger partial charge in [0.2, 0.25) is 0 Å². The van der Waals surface area contributed by atoms with Crippen molar-refractivity contribution in [3.63, 3.8) is 0 Å². The Morgan fingerprint density at radius 3 is 2.57 bits per heavy atom. The van der Waals surface area contributed by atoms with E-state index >= 15 is 0 Å². The van der Waals surface area contributed by atoms with Crippen LogP contribution in [0.5, 0.6) is 5.75 Å². The second-order valence-corrected chi connectivity index (χ2v) is 3.27. The third-order valence-corrected chi connectivity index (χ3v) is 2.27. The fraction of sp³-hybridized carbons (Fsp3) is 0.182. The van der Waals surface area contributed by atoms with E-state index in [4.69, 9.17) is 5.11 Å². The molecule has 0 aliphatic carbocycles. The van der Waals surface area contributed by atoms with Crippen molar-refractivity contribution in [3.05, 3.63) is 48.3 Å². The van der Waals surface area contributed by atoms with Crippen molar-refractivity contribution in [2.24, 2.45) is 0 Å². The maximum Gasteiger partial charge on any atom is 0.153 e. The number of aromatic nitrogens is 2. The Bertz CT molecular complexity index is 408. The third-order valence-electron chi connectivity index (χ3n) is 2.27. The van der Waals surface area contributed by atoms with Crippen LogP contribution in [-0.4, -0.2) is 14.9 Å². The van der Waals surface area contributed by atoms with Crippen LogP contribution in [0.15, 0.2) is 42.7 Å².